The molecule has 0 saturated carbocycles. The standard InChI is InChI=1S/C24H38B2/c1-22(2,3)14-16-25-19-12-10-11-13-20(19)26(17-15-23(4,5)6)21(25)18-24(7,8)9/h10-17,21H,18H2,1-9H3/b16-14+,17-15+. The van der Waals surface area contributed by atoms with Crippen LogP contribution in [0.4, 0.5) is 0 Å². The molecule has 140 valence electrons. The Balaban J connectivity index is 2.51. The van der Waals surface area contributed by atoms with Crippen molar-refractivity contribution in [1.82, 2.24) is 0 Å². The van der Waals surface area contributed by atoms with Gasteiger partial charge in [-0.25, -0.2) is 0 Å². The summed E-state index contributed by atoms with van der Waals surface area (Å²) in [5, 5.41) is 0. The molecule has 0 atom stereocenters. The first-order chi connectivity index (χ1) is 11.8. The minimum absolute atomic E-state index is 0.223. The third kappa shape index (κ3) is 5.93. The molecule has 0 saturated heterocycles. The van der Waals surface area contributed by atoms with Gasteiger partial charge < -0.3 is 0 Å². The lowest BCUT2D eigenvalue weighted by atomic mass is 9.25. The summed E-state index contributed by atoms with van der Waals surface area (Å²) in [5.74, 6) is 5.00. The van der Waals surface area contributed by atoms with Gasteiger partial charge in [0, 0.05) is 0 Å². The van der Waals surface area contributed by atoms with Crippen molar-refractivity contribution in [1.29, 1.82) is 0 Å². The van der Waals surface area contributed by atoms with Crippen molar-refractivity contribution in [3.63, 3.8) is 0 Å². The molecule has 26 heavy (non-hydrogen) atoms. The molecular formula is C24H38B2. The highest BCUT2D eigenvalue weighted by molar-refractivity contribution is 7.04. The van der Waals surface area contributed by atoms with Crippen LogP contribution in [0, 0.1) is 16.2 Å². The smallest absolute Gasteiger partial charge is 0.114 e. The van der Waals surface area contributed by atoms with Crippen LogP contribution < -0.4 is 10.9 Å². The molecule has 2 rings (SSSR count). The molecular weight excluding hydrogens is 310 g/mol. The molecule has 1 heterocycles. The Morgan fingerprint density at radius 1 is 0.731 bits per heavy atom. The minimum Gasteiger partial charge on any atom is -0.114 e. The first-order valence-electron chi connectivity index (χ1n) is 10.2. The highest BCUT2D eigenvalue weighted by atomic mass is 14.2. The highest BCUT2D eigenvalue weighted by Crippen LogP contribution is 2.36. The van der Waals surface area contributed by atoms with E-state index in [0.717, 1.165) is 0 Å². The maximum atomic E-state index is 2.50. The average molecular weight is 348 g/mol. The third-order valence-electron chi connectivity index (χ3n) is 5.09. The lowest BCUT2D eigenvalue weighted by Crippen LogP contribution is -2.34. The number of fused-ring (bicyclic) bond motifs is 1. The van der Waals surface area contributed by atoms with E-state index in [1.807, 2.05) is 0 Å². The summed E-state index contributed by atoms with van der Waals surface area (Å²) in [6, 6.07) is 9.13. The molecule has 1 aliphatic heterocycles. The lowest BCUT2D eigenvalue weighted by molar-refractivity contribution is 0.387. The van der Waals surface area contributed by atoms with Crippen LogP contribution in [-0.4, -0.2) is 13.4 Å². The number of hydrogen-bond donors (Lipinski definition) is 0. The topological polar surface area (TPSA) is 0 Å². The van der Waals surface area contributed by atoms with Crippen LogP contribution in [0.2, 0.25) is 5.72 Å². The second-order valence-corrected chi connectivity index (χ2v) is 11.6. The third-order valence-corrected chi connectivity index (χ3v) is 5.09. The Bertz CT molecular complexity index is 612. The van der Waals surface area contributed by atoms with Crippen molar-refractivity contribution in [3.05, 3.63) is 48.4 Å². The van der Waals surface area contributed by atoms with Crippen LogP contribution in [0.3, 0.4) is 0 Å². The second kappa shape index (κ2) is 7.45. The zero-order chi connectivity index (χ0) is 19.8. The SMILES string of the molecule is CC(C)(C)/C=C/B1c2ccccc2B(/C=C/C(C)(C)C)C1CC(C)(C)C. The van der Waals surface area contributed by atoms with Gasteiger partial charge in [0.15, 0.2) is 13.4 Å². The van der Waals surface area contributed by atoms with Crippen molar-refractivity contribution in [3.8, 4) is 0 Å². The van der Waals surface area contributed by atoms with Crippen molar-refractivity contribution < 1.29 is 0 Å². The van der Waals surface area contributed by atoms with Crippen LogP contribution in [0.1, 0.15) is 68.7 Å². The molecule has 0 aliphatic carbocycles. The summed E-state index contributed by atoms with van der Waals surface area (Å²) in [7, 11) is 0. The maximum Gasteiger partial charge on any atom is 0.196 e. The van der Waals surface area contributed by atoms with Crippen LogP contribution in [0.5, 0.6) is 0 Å². The summed E-state index contributed by atoms with van der Waals surface area (Å²) in [6.45, 7) is 21.9. The number of benzene rings is 1. The van der Waals surface area contributed by atoms with Gasteiger partial charge in [0.05, 0.1) is 0 Å². The molecule has 0 nitrogen and oxygen atoms in total. The molecule has 0 bridgehead atoms. The zero-order valence-corrected chi connectivity index (χ0v) is 18.6. The molecule has 1 aromatic carbocycles. The van der Waals surface area contributed by atoms with Gasteiger partial charge in [-0.3, -0.25) is 0 Å². The van der Waals surface area contributed by atoms with Gasteiger partial charge in [0.1, 0.15) is 0 Å². The van der Waals surface area contributed by atoms with Crippen LogP contribution in [0.15, 0.2) is 48.4 Å². The van der Waals surface area contributed by atoms with E-state index in [0.29, 0.717) is 24.6 Å². The van der Waals surface area contributed by atoms with Crippen molar-refractivity contribution >= 4 is 24.4 Å². The predicted octanol–water partition coefficient (Wildman–Crippen LogP) is 5.73. The van der Waals surface area contributed by atoms with Crippen LogP contribution >= 0.6 is 0 Å². The number of hydrogen-bond acceptors (Lipinski definition) is 0. The average Bonchev–Trinajstić information content (AvgIpc) is 2.72. The van der Waals surface area contributed by atoms with Gasteiger partial charge in [-0.05, 0) is 16.2 Å². The zero-order valence-electron chi connectivity index (χ0n) is 18.6. The largest absolute Gasteiger partial charge is 0.196 e. The molecule has 1 aliphatic rings. The van der Waals surface area contributed by atoms with Gasteiger partial charge >= 0.3 is 0 Å². The van der Waals surface area contributed by atoms with E-state index in [2.05, 4.69) is 111 Å². The Morgan fingerprint density at radius 3 is 1.42 bits per heavy atom. The Hall–Kier alpha value is -1.17. The van der Waals surface area contributed by atoms with Crippen molar-refractivity contribution in [2.24, 2.45) is 16.2 Å². The fourth-order valence-corrected chi connectivity index (χ4v) is 4.04. The normalized spacial score (nSPS) is 17.0. The summed E-state index contributed by atoms with van der Waals surface area (Å²) < 4.78 is 0. The van der Waals surface area contributed by atoms with Gasteiger partial charge in [0.25, 0.3) is 0 Å². The van der Waals surface area contributed by atoms with Crippen molar-refractivity contribution in [2.45, 2.75) is 74.5 Å². The van der Waals surface area contributed by atoms with Gasteiger partial charge in [-0.2, -0.15) is 0 Å². The summed E-state index contributed by atoms with van der Waals surface area (Å²) in [6.07, 6.45) is 6.07. The first-order valence-corrected chi connectivity index (χ1v) is 10.2. The molecule has 0 fully saturated rings. The fraction of sp³-hybridized carbons (Fsp3) is 0.583. The lowest BCUT2D eigenvalue weighted by Gasteiger charge is -2.28. The number of allylic oxidation sites excluding steroid dienone is 2. The van der Waals surface area contributed by atoms with E-state index in [4.69, 9.17) is 0 Å². The first kappa shape index (κ1) is 21.1. The van der Waals surface area contributed by atoms with E-state index in [1.54, 1.807) is 0 Å². The molecule has 0 N–H and O–H groups in total. The Kier molecular flexibility index (Phi) is 6.06. The predicted molar refractivity (Wildman–Crippen MR) is 122 cm³/mol. The summed E-state index contributed by atoms with van der Waals surface area (Å²) in [4.78, 5) is 0. The summed E-state index contributed by atoms with van der Waals surface area (Å²) >= 11 is 0. The molecule has 0 amide bonds. The van der Waals surface area contributed by atoms with E-state index in [9.17, 15) is 0 Å². The van der Waals surface area contributed by atoms with Gasteiger partial charge in [0.2, 0.25) is 0 Å². The molecule has 0 unspecified atom stereocenters. The Labute approximate surface area is 163 Å². The quantitative estimate of drug-likeness (QED) is 0.612. The van der Waals surface area contributed by atoms with E-state index >= 15 is 0 Å². The number of rotatable bonds is 3. The van der Waals surface area contributed by atoms with Gasteiger partial charge in [-0.15, -0.1) is 12.0 Å². The molecule has 0 aromatic heterocycles. The minimum atomic E-state index is 0.223. The Morgan fingerprint density at radius 2 is 1.12 bits per heavy atom. The molecule has 0 radical (unpaired) electrons. The fourth-order valence-electron chi connectivity index (χ4n) is 4.04. The molecule has 0 spiro atoms. The van der Waals surface area contributed by atoms with E-state index < -0.39 is 0 Å². The van der Waals surface area contributed by atoms with E-state index in [-0.39, 0.29) is 10.8 Å². The van der Waals surface area contributed by atoms with Crippen LogP contribution in [0.25, 0.3) is 0 Å². The van der Waals surface area contributed by atoms with E-state index in [1.165, 1.54) is 17.3 Å². The van der Waals surface area contributed by atoms with Crippen LogP contribution in [-0.2, 0) is 0 Å². The highest BCUT2D eigenvalue weighted by Gasteiger charge is 2.44. The molecule has 2 heteroatoms. The van der Waals surface area contributed by atoms with Crippen molar-refractivity contribution in [2.75, 3.05) is 0 Å². The maximum absolute atomic E-state index is 2.50. The second-order valence-electron chi connectivity index (χ2n) is 11.6. The monoisotopic (exact) mass is 348 g/mol. The van der Waals surface area contributed by atoms with Gasteiger partial charge in [-0.1, -0.05) is 122 Å². The molecule has 1 aromatic rings. The summed E-state index contributed by atoms with van der Waals surface area (Å²) in [5.41, 5.74) is 4.47.